The van der Waals surface area contributed by atoms with E-state index >= 15 is 0 Å². The highest BCUT2D eigenvalue weighted by Crippen LogP contribution is 2.35. The van der Waals surface area contributed by atoms with Crippen LogP contribution in [0.1, 0.15) is 69.8 Å². The molecule has 0 atom stereocenters. The van der Waals surface area contributed by atoms with Gasteiger partial charge in [-0.2, -0.15) is 0 Å². The van der Waals surface area contributed by atoms with Crippen molar-refractivity contribution in [2.75, 3.05) is 13.1 Å². The number of likely N-dealkylation sites (tertiary alicyclic amines) is 1. The highest BCUT2D eigenvalue weighted by Gasteiger charge is 2.36. The summed E-state index contributed by atoms with van der Waals surface area (Å²) in [6.45, 7) is 2.55. The first-order valence-corrected chi connectivity index (χ1v) is 9.68. The van der Waals surface area contributed by atoms with E-state index in [1.165, 1.54) is 76.4 Å². The molecule has 0 N–H and O–H groups in total. The molecule has 0 amide bonds. The fraction of sp³-hybridized carbons (Fsp3) is 0.636. The van der Waals surface area contributed by atoms with E-state index in [0.717, 1.165) is 12.8 Å². The van der Waals surface area contributed by atoms with Crippen LogP contribution >= 0.6 is 0 Å². The van der Waals surface area contributed by atoms with Crippen LogP contribution in [0.3, 0.4) is 0 Å². The first-order valence-electron chi connectivity index (χ1n) is 9.68. The van der Waals surface area contributed by atoms with Crippen LogP contribution in [0, 0.1) is 11.8 Å². The molecular formula is C22H31N. The van der Waals surface area contributed by atoms with Crippen LogP contribution < -0.4 is 0 Å². The van der Waals surface area contributed by atoms with Gasteiger partial charge in [0.25, 0.3) is 0 Å². The molecule has 0 radical (unpaired) electrons. The third kappa shape index (κ3) is 4.61. The van der Waals surface area contributed by atoms with Crippen molar-refractivity contribution < 1.29 is 0 Å². The van der Waals surface area contributed by atoms with Crippen LogP contribution in [0.25, 0.3) is 0 Å². The summed E-state index contributed by atoms with van der Waals surface area (Å²) in [7, 11) is 0. The number of hydrogen-bond acceptors (Lipinski definition) is 1. The van der Waals surface area contributed by atoms with E-state index in [4.69, 9.17) is 0 Å². The molecule has 1 heteroatoms. The zero-order chi connectivity index (χ0) is 15.8. The summed E-state index contributed by atoms with van der Waals surface area (Å²) in [5.74, 6) is 7.34. The van der Waals surface area contributed by atoms with Crippen LogP contribution in [0.5, 0.6) is 0 Å². The van der Waals surface area contributed by atoms with Gasteiger partial charge in [-0.15, -0.1) is 5.92 Å². The van der Waals surface area contributed by atoms with E-state index < -0.39 is 0 Å². The van der Waals surface area contributed by atoms with Gasteiger partial charge in [0.05, 0.1) is 5.54 Å². The second kappa shape index (κ2) is 8.55. The van der Waals surface area contributed by atoms with Crippen LogP contribution in [0.15, 0.2) is 30.3 Å². The Morgan fingerprint density at radius 3 is 2.30 bits per heavy atom. The lowest BCUT2D eigenvalue weighted by Crippen LogP contribution is -2.51. The van der Waals surface area contributed by atoms with Gasteiger partial charge in [-0.05, 0) is 57.2 Å². The van der Waals surface area contributed by atoms with Crippen LogP contribution in [-0.4, -0.2) is 23.5 Å². The van der Waals surface area contributed by atoms with Gasteiger partial charge in [0, 0.05) is 6.42 Å². The van der Waals surface area contributed by atoms with Crippen molar-refractivity contribution in [2.45, 2.75) is 76.2 Å². The minimum atomic E-state index is 0.228. The lowest BCUT2D eigenvalue weighted by Gasteiger charge is -2.45. The Labute approximate surface area is 142 Å². The molecule has 1 nitrogen and oxygen atoms in total. The standard InChI is InChI=1S/C22H31N/c1-5-13-21(14-6-1)15-7-2-8-16-22(17-9-3-10-18-22)23-19-11-4-12-20-23/h1,5-6,13-14H,2-4,7,9-12,15,17-20H2. The number of hydrogen-bond donors (Lipinski definition) is 0. The van der Waals surface area contributed by atoms with Gasteiger partial charge in [0.15, 0.2) is 0 Å². The number of nitrogens with zero attached hydrogens (tertiary/aromatic N) is 1. The van der Waals surface area contributed by atoms with Gasteiger partial charge in [-0.25, -0.2) is 0 Å². The second-order valence-electron chi connectivity index (χ2n) is 7.28. The molecule has 1 aromatic rings. The molecule has 0 bridgehead atoms. The van der Waals surface area contributed by atoms with Crippen LogP contribution in [-0.2, 0) is 6.42 Å². The predicted molar refractivity (Wildman–Crippen MR) is 98.4 cm³/mol. The molecule has 0 unspecified atom stereocenters. The molecule has 23 heavy (non-hydrogen) atoms. The summed E-state index contributed by atoms with van der Waals surface area (Å²) in [6, 6.07) is 10.8. The van der Waals surface area contributed by atoms with Gasteiger partial charge in [0.2, 0.25) is 0 Å². The van der Waals surface area contributed by atoms with Crippen molar-refractivity contribution in [1.29, 1.82) is 0 Å². The highest BCUT2D eigenvalue weighted by molar-refractivity contribution is 5.20. The van der Waals surface area contributed by atoms with Crippen molar-refractivity contribution in [3.05, 3.63) is 35.9 Å². The van der Waals surface area contributed by atoms with Crippen molar-refractivity contribution in [3.63, 3.8) is 0 Å². The number of aryl methyl sites for hydroxylation is 1. The minimum absolute atomic E-state index is 0.228. The summed E-state index contributed by atoms with van der Waals surface area (Å²) >= 11 is 0. The third-order valence-corrected chi connectivity index (χ3v) is 5.57. The first kappa shape index (κ1) is 16.6. The lowest BCUT2D eigenvalue weighted by molar-refractivity contribution is 0.0792. The molecule has 2 fully saturated rings. The Hall–Kier alpha value is -1.26. The fourth-order valence-electron chi connectivity index (χ4n) is 4.23. The Bertz CT molecular complexity index is 510. The van der Waals surface area contributed by atoms with E-state index in [1.54, 1.807) is 0 Å². The van der Waals surface area contributed by atoms with E-state index in [2.05, 4.69) is 47.1 Å². The van der Waals surface area contributed by atoms with Gasteiger partial charge in [-0.1, -0.05) is 61.9 Å². The van der Waals surface area contributed by atoms with Gasteiger partial charge in [0.1, 0.15) is 0 Å². The number of benzene rings is 1. The molecule has 1 heterocycles. The quantitative estimate of drug-likeness (QED) is 0.545. The van der Waals surface area contributed by atoms with E-state index in [0.29, 0.717) is 0 Å². The largest absolute Gasteiger partial charge is 0.287 e. The molecular weight excluding hydrogens is 278 g/mol. The predicted octanol–water partition coefficient (Wildman–Crippen LogP) is 5.20. The molecule has 1 aliphatic heterocycles. The van der Waals surface area contributed by atoms with E-state index in [1.807, 2.05) is 0 Å². The summed E-state index contributed by atoms with van der Waals surface area (Å²) in [6.07, 6.45) is 14.3. The Morgan fingerprint density at radius 2 is 1.57 bits per heavy atom. The van der Waals surface area contributed by atoms with E-state index in [-0.39, 0.29) is 5.54 Å². The molecule has 0 aromatic heterocycles. The van der Waals surface area contributed by atoms with Crippen molar-refractivity contribution in [1.82, 2.24) is 4.90 Å². The average molecular weight is 309 g/mol. The van der Waals surface area contributed by atoms with Crippen LogP contribution in [0.2, 0.25) is 0 Å². The monoisotopic (exact) mass is 309 g/mol. The molecule has 1 saturated heterocycles. The molecule has 124 valence electrons. The second-order valence-corrected chi connectivity index (χ2v) is 7.28. The lowest BCUT2D eigenvalue weighted by atomic mass is 9.79. The molecule has 3 rings (SSSR count). The maximum atomic E-state index is 3.77. The van der Waals surface area contributed by atoms with Gasteiger partial charge < -0.3 is 0 Å². The zero-order valence-corrected chi connectivity index (χ0v) is 14.5. The SMILES string of the molecule is C(#CC1(N2CCCCC2)CCCCC1)CCCc1ccccc1. The zero-order valence-electron chi connectivity index (χ0n) is 14.5. The third-order valence-electron chi connectivity index (χ3n) is 5.57. The smallest absolute Gasteiger partial charge is 0.0825 e. The van der Waals surface area contributed by atoms with Crippen molar-refractivity contribution in [2.24, 2.45) is 0 Å². The number of rotatable bonds is 4. The van der Waals surface area contributed by atoms with Crippen molar-refractivity contribution >= 4 is 0 Å². The molecule has 2 aliphatic rings. The van der Waals surface area contributed by atoms with Gasteiger partial charge in [-0.3, -0.25) is 4.90 Å². The summed E-state index contributed by atoms with van der Waals surface area (Å²) in [4.78, 5) is 2.74. The Balaban J connectivity index is 1.56. The summed E-state index contributed by atoms with van der Waals surface area (Å²) in [5.41, 5.74) is 1.67. The number of unbranched alkanes of at least 4 members (excludes halogenated alkanes) is 1. The fourth-order valence-corrected chi connectivity index (χ4v) is 4.23. The Kier molecular flexibility index (Phi) is 6.17. The minimum Gasteiger partial charge on any atom is -0.287 e. The van der Waals surface area contributed by atoms with E-state index in [9.17, 15) is 0 Å². The first-order chi connectivity index (χ1) is 11.4. The molecule has 1 aromatic carbocycles. The average Bonchev–Trinajstić information content (AvgIpc) is 2.64. The van der Waals surface area contributed by atoms with Crippen LogP contribution in [0.4, 0.5) is 0 Å². The maximum Gasteiger partial charge on any atom is 0.0825 e. The molecule has 0 spiro atoms. The Morgan fingerprint density at radius 1 is 0.870 bits per heavy atom. The summed E-state index contributed by atoms with van der Waals surface area (Å²) in [5, 5.41) is 0. The van der Waals surface area contributed by atoms with Crippen molar-refractivity contribution in [3.8, 4) is 11.8 Å². The number of piperidine rings is 1. The molecule has 1 aliphatic carbocycles. The maximum absolute atomic E-state index is 3.77. The molecule has 1 saturated carbocycles. The summed E-state index contributed by atoms with van der Waals surface area (Å²) < 4.78 is 0. The topological polar surface area (TPSA) is 3.24 Å². The van der Waals surface area contributed by atoms with Gasteiger partial charge >= 0.3 is 0 Å². The highest BCUT2D eigenvalue weighted by atomic mass is 15.2. The normalized spacial score (nSPS) is 21.4.